The lowest BCUT2D eigenvalue weighted by Gasteiger charge is -2.35. The number of hydrogen-bond acceptors (Lipinski definition) is 8. The van der Waals surface area contributed by atoms with E-state index in [1.54, 1.807) is 20.8 Å². The van der Waals surface area contributed by atoms with Crippen LogP contribution in [0.1, 0.15) is 54.4 Å². The summed E-state index contributed by atoms with van der Waals surface area (Å²) >= 11 is 0. The SMILES string of the molecule is CC12CCC(C(=O)OCC(C)([N+](=O)[O-])C(C)(C)[N+](=O)[O-])(OC1=O)C2(C)C. The van der Waals surface area contributed by atoms with E-state index in [0.29, 0.717) is 6.42 Å². The van der Waals surface area contributed by atoms with Gasteiger partial charge >= 0.3 is 17.5 Å². The molecule has 2 bridgehead atoms. The zero-order chi connectivity index (χ0) is 20.3. The Morgan fingerprint density at radius 2 is 1.69 bits per heavy atom. The molecule has 10 heteroatoms. The van der Waals surface area contributed by atoms with E-state index in [4.69, 9.17) is 9.47 Å². The van der Waals surface area contributed by atoms with Crippen molar-refractivity contribution in [1.29, 1.82) is 0 Å². The molecule has 0 aromatic heterocycles. The van der Waals surface area contributed by atoms with Crippen molar-refractivity contribution < 1.29 is 28.9 Å². The largest absolute Gasteiger partial charge is 0.455 e. The molecule has 2 aliphatic rings. The highest BCUT2D eigenvalue weighted by molar-refractivity contribution is 5.93. The first-order valence-electron chi connectivity index (χ1n) is 8.30. The molecule has 1 aliphatic heterocycles. The van der Waals surface area contributed by atoms with Crippen LogP contribution in [0.5, 0.6) is 0 Å². The molecule has 2 fully saturated rings. The summed E-state index contributed by atoms with van der Waals surface area (Å²) in [4.78, 5) is 46.2. The molecule has 146 valence electrons. The molecule has 0 N–H and O–H groups in total. The molecule has 1 aliphatic carbocycles. The van der Waals surface area contributed by atoms with Gasteiger partial charge in [0.15, 0.2) is 6.61 Å². The van der Waals surface area contributed by atoms with Gasteiger partial charge in [0.25, 0.3) is 5.54 Å². The Hall–Kier alpha value is -2.26. The summed E-state index contributed by atoms with van der Waals surface area (Å²) in [6.45, 7) is 7.63. The van der Waals surface area contributed by atoms with Crippen molar-refractivity contribution in [2.24, 2.45) is 10.8 Å². The van der Waals surface area contributed by atoms with Gasteiger partial charge in [0, 0.05) is 36.0 Å². The number of ether oxygens (including phenoxy) is 2. The van der Waals surface area contributed by atoms with Crippen LogP contribution in [-0.4, -0.2) is 45.1 Å². The van der Waals surface area contributed by atoms with Crippen molar-refractivity contribution in [3.63, 3.8) is 0 Å². The summed E-state index contributed by atoms with van der Waals surface area (Å²) in [6.07, 6.45) is 0.676. The van der Waals surface area contributed by atoms with E-state index in [1.807, 2.05) is 0 Å². The Morgan fingerprint density at radius 1 is 1.15 bits per heavy atom. The first kappa shape index (κ1) is 20.1. The lowest BCUT2D eigenvalue weighted by Crippen LogP contribution is -2.61. The Morgan fingerprint density at radius 3 is 2.04 bits per heavy atom. The second-order valence-corrected chi connectivity index (χ2v) is 8.60. The van der Waals surface area contributed by atoms with Crippen molar-refractivity contribution in [1.82, 2.24) is 0 Å². The van der Waals surface area contributed by atoms with E-state index < -0.39 is 55.9 Å². The summed E-state index contributed by atoms with van der Waals surface area (Å²) in [6, 6.07) is 0. The maximum absolute atomic E-state index is 12.8. The highest BCUT2D eigenvalue weighted by Crippen LogP contribution is 2.65. The molecule has 0 aromatic rings. The first-order chi connectivity index (χ1) is 11.6. The van der Waals surface area contributed by atoms with Crippen LogP contribution < -0.4 is 0 Å². The minimum atomic E-state index is -2.16. The van der Waals surface area contributed by atoms with Gasteiger partial charge in [-0.15, -0.1) is 0 Å². The molecule has 0 aromatic carbocycles. The van der Waals surface area contributed by atoms with Crippen LogP contribution in [0.3, 0.4) is 0 Å². The van der Waals surface area contributed by atoms with E-state index in [0.717, 1.165) is 20.8 Å². The van der Waals surface area contributed by atoms with Crippen LogP contribution in [-0.2, 0) is 19.1 Å². The lowest BCUT2D eigenvalue weighted by atomic mass is 9.66. The minimum Gasteiger partial charge on any atom is -0.455 e. The van der Waals surface area contributed by atoms with Gasteiger partial charge in [-0.05, 0) is 19.8 Å². The predicted molar refractivity (Wildman–Crippen MR) is 87.4 cm³/mol. The van der Waals surface area contributed by atoms with Crippen molar-refractivity contribution >= 4 is 11.9 Å². The third-order valence-electron chi connectivity index (χ3n) is 7.08. The summed E-state index contributed by atoms with van der Waals surface area (Å²) in [5.74, 6) is -1.40. The molecule has 26 heavy (non-hydrogen) atoms. The number of fused-ring (bicyclic) bond motifs is 2. The first-order valence-corrected chi connectivity index (χ1v) is 8.30. The monoisotopic (exact) mass is 372 g/mol. The van der Waals surface area contributed by atoms with Gasteiger partial charge in [0.1, 0.15) is 0 Å². The third kappa shape index (κ3) is 2.10. The van der Waals surface area contributed by atoms with E-state index in [-0.39, 0.29) is 6.42 Å². The predicted octanol–water partition coefficient (Wildman–Crippen LogP) is 1.74. The Bertz CT molecular complexity index is 702. The van der Waals surface area contributed by atoms with Crippen LogP contribution in [0.25, 0.3) is 0 Å². The van der Waals surface area contributed by atoms with Gasteiger partial charge < -0.3 is 9.47 Å². The van der Waals surface area contributed by atoms with Crippen LogP contribution >= 0.6 is 0 Å². The fraction of sp³-hybridized carbons (Fsp3) is 0.875. The standard InChI is InChI=1S/C16H24N2O8/c1-12(2)14(5)7-8-16(12,26-10(14)19)11(20)25-9-15(6,18(23)24)13(3,4)17(21)22/h7-9H2,1-6H3. The molecule has 3 unspecified atom stereocenters. The van der Waals surface area contributed by atoms with Gasteiger partial charge in [-0.2, -0.15) is 0 Å². The Kier molecular flexibility index (Phi) is 4.14. The zero-order valence-electron chi connectivity index (χ0n) is 15.8. The fourth-order valence-electron chi connectivity index (χ4n) is 3.67. The van der Waals surface area contributed by atoms with Gasteiger partial charge in [0.2, 0.25) is 5.60 Å². The van der Waals surface area contributed by atoms with Gasteiger partial charge in [-0.3, -0.25) is 25.0 Å². The number of nitro groups is 2. The van der Waals surface area contributed by atoms with Crippen LogP contribution in [0.2, 0.25) is 0 Å². The quantitative estimate of drug-likeness (QED) is 0.390. The van der Waals surface area contributed by atoms with Crippen molar-refractivity contribution in [3.05, 3.63) is 20.2 Å². The second-order valence-electron chi connectivity index (χ2n) is 8.60. The maximum atomic E-state index is 12.8. The number of carbonyl (C=O) groups is 2. The highest BCUT2D eigenvalue weighted by Gasteiger charge is 2.76. The topological polar surface area (TPSA) is 139 Å². The van der Waals surface area contributed by atoms with Crippen molar-refractivity contribution in [2.45, 2.75) is 71.1 Å². The fourth-order valence-corrected chi connectivity index (χ4v) is 3.67. The molecule has 0 radical (unpaired) electrons. The summed E-state index contributed by atoms with van der Waals surface area (Å²) in [5, 5.41) is 22.8. The summed E-state index contributed by atoms with van der Waals surface area (Å²) in [7, 11) is 0. The van der Waals surface area contributed by atoms with E-state index in [9.17, 15) is 29.8 Å². The summed E-state index contributed by atoms with van der Waals surface area (Å²) < 4.78 is 10.5. The summed E-state index contributed by atoms with van der Waals surface area (Å²) in [5.41, 5.74) is -7.39. The number of hydrogen-bond donors (Lipinski definition) is 0. The molecule has 10 nitrogen and oxygen atoms in total. The van der Waals surface area contributed by atoms with Crippen LogP contribution in [0.4, 0.5) is 0 Å². The van der Waals surface area contributed by atoms with Gasteiger partial charge in [-0.1, -0.05) is 13.8 Å². The van der Waals surface area contributed by atoms with E-state index in [1.165, 1.54) is 0 Å². The van der Waals surface area contributed by atoms with Crippen molar-refractivity contribution in [2.75, 3.05) is 6.61 Å². The molecule has 1 saturated heterocycles. The Labute approximate surface area is 150 Å². The van der Waals surface area contributed by atoms with E-state index in [2.05, 4.69) is 0 Å². The number of nitrogens with zero attached hydrogens (tertiary/aromatic N) is 2. The molecule has 0 amide bonds. The molecular weight excluding hydrogens is 348 g/mol. The molecule has 2 rings (SSSR count). The molecular formula is C16H24N2O8. The minimum absolute atomic E-state index is 0.245. The number of rotatable bonds is 6. The Balaban J connectivity index is 2.30. The average Bonchev–Trinajstić information content (AvgIpc) is 2.81. The number of carbonyl (C=O) groups excluding carboxylic acids is 2. The van der Waals surface area contributed by atoms with Crippen molar-refractivity contribution in [3.8, 4) is 0 Å². The van der Waals surface area contributed by atoms with Gasteiger partial charge in [0.05, 0.1) is 5.41 Å². The highest BCUT2D eigenvalue weighted by atomic mass is 16.7. The maximum Gasteiger partial charge on any atom is 0.351 e. The average molecular weight is 372 g/mol. The normalized spacial score (nSPS) is 31.8. The van der Waals surface area contributed by atoms with E-state index >= 15 is 0 Å². The lowest BCUT2D eigenvalue weighted by molar-refractivity contribution is -0.678. The second kappa shape index (κ2) is 5.37. The van der Waals surface area contributed by atoms with Crippen LogP contribution in [0, 0.1) is 31.1 Å². The third-order valence-corrected chi connectivity index (χ3v) is 7.08. The number of esters is 2. The molecule has 3 atom stereocenters. The molecule has 1 saturated carbocycles. The molecule has 0 spiro atoms. The molecule has 1 heterocycles. The van der Waals surface area contributed by atoms with Crippen LogP contribution in [0.15, 0.2) is 0 Å². The zero-order valence-corrected chi connectivity index (χ0v) is 15.8. The van der Waals surface area contributed by atoms with Gasteiger partial charge in [-0.25, -0.2) is 4.79 Å². The smallest absolute Gasteiger partial charge is 0.351 e.